The summed E-state index contributed by atoms with van der Waals surface area (Å²) in [6.07, 6.45) is 1.87. The highest BCUT2D eigenvalue weighted by Gasteiger charge is 2.20. The van der Waals surface area contributed by atoms with Crippen LogP contribution in [0.25, 0.3) is 0 Å². The van der Waals surface area contributed by atoms with Crippen molar-refractivity contribution in [2.24, 2.45) is 0 Å². The molecule has 72 valence electrons. The van der Waals surface area contributed by atoms with Crippen molar-refractivity contribution in [3.05, 3.63) is 22.4 Å². The first-order chi connectivity index (χ1) is 6.29. The number of hydrogen-bond acceptors (Lipinski definition) is 3. The SMILES string of the molecule is CCCC(C(=O)OC)c1cccs1. The van der Waals surface area contributed by atoms with Crippen LogP contribution in [0.4, 0.5) is 0 Å². The zero-order valence-electron chi connectivity index (χ0n) is 7.95. The summed E-state index contributed by atoms with van der Waals surface area (Å²) in [6.45, 7) is 2.07. The Morgan fingerprint density at radius 3 is 2.92 bits per heavy atom. The van der Waals surface area contributed by atoms with Crippen LogP contribution in [0, 0.1) is 0 Å². The molecule has 1 unspecified atom stereocenters. The van der Waals surface area contributed by atoms with Gasteiger partial charge in [-0.2, -0.15) is 0 Å². The van der Waals surface area contributed by atoms with Crippen LogP contribution in [0.15, 0.2) is 17.5 Å². The van der Waals surface area contributed by atoms with Crippen LogP contribution in [0.5, 0.6) is 0 Å². The number of carbonyl (C=O) groups excluding carboxylic acids is 1. The minimum Gasteiger partial charge on any atom is -0.469 e. The zero-order valence-corrected chi connectivity index (χ0v) is 8.76. The fraction of sp³-hybridized carbons (Fsp3) is 0.500. The van der Waals surface area contributed by atoms with Gasteiger partial charge in [-0.3, -0.25) is 4.79 Å². The molecule has 1 heterocycles. The lowest BCUT2D eigenvalue weighted by Crippen LogP contribution is -2.12. The Labute approximate surface area is 82.5 Å². The summed E-state index contributed by atoms with van der Waals surface area (Å²) in [5.74, 6) is -0.181. The van der Waals surface area contributed by atoms with E-state index >= 15 is 0 Å². The van der Waals surface area contributed by atoms with E-state index in [-0.39, 0.29) is 11.9 Å². The molecule has 0 bridgehead atoms. The molecule has 1 atom stereocenters. The van der Waals surface area contributed by atoms with Gasteiger partial charge in [-0.15, -0.1) is 11.3 Å². The molecule has 0 saturated carbocycles. The van der Waals surface area contributed by atoms with Crippen LogP contribution >= 0.6 is 11.3 Å². The second-order valence-electron chi connectivity index (χ2n) is 2.88. The van der Waals surface area contributed by atoms with E-state index in [1.165, 1.54) is 7.11 Å². The zero-order chi connectivity index (χ0) is 9.68. The fourth-order valence-corrected chi connectivity index (χ4v) is 2.15. The monoisotopic (exact) mass is 198 g/mol. The lowest BCUT2D eigenvalue weighted by Gasteiger charge is -2.10. The van der Waals surface area contributed by atoms with Gasteiger partial charge in [-0.05, 0) is 17.9 Å². The van der Waals surface area contributed by atoms with E-state index in [1.807, 2.05) is 17.5 Å². The van der Waals surface area contributed by atoms with E-state index in [4.69, 9.17) is 4.74 Å². The highest BCUT2D eigenvalue weighted by molar-refractivity contribution is 7.10. The molecule has 13 heavy (non-hydrogen) atoms. The highest BCUT2D eigenvalue weighted by Crippen LogP contribution is 2.26. The summed E-state index contributed by atoms with van der Waals surface area (Å²) in [6, 6.07) is 3.95. The molecule has 3 heteroatoms. The van der Waals surface area contributed by atoms with Crippen LogP contribution < -0.4 is 0 Å². The predicted octanol–water partition coefficient (Wildman–Crippen LogP) is 2.80. The number of ether oxygens (including phenoxy) is 1. The topological polar surface area (TPSA) is 26.3 Å². The third-order valence-electron chi connectivity index (χ3n) is 1.95. The minimum absolute atomic E-state index is 0.0602. The fourth-order valence-electron chi connectivity index (χ4n) is 1.30. The van der Waals surface area contributed by atoms with Crippen molar-refractivity contribution in [3.63, 3.8) is 0 Å². The maximum absolute atomic E-state index is 11.4. The second-order valence-corrected chi connectivity index (χ2v) is 3.86. The maximum Gasteiger partial charge on any atom is 0.313 e. The van der Waals surface area contributed by atoms with Crippen molar-refractivity contribution >= 4 is 17.3 Å². The smallest absolute Gasteiger partial charge is 0.313 e. The van der Waals surface area contributed by atoms with Gasteiger partial charge in [0.05, 0.1) is 13.0 Å². The Morgan fingerprint density at radius 2 is 2.46 bits per heavy atom. The standard InChI is InChI=1S/C10H14O2S/c1-3-5-8(10(11)12-2)9-6-4-7-13-9/h4,6-8H,3,5H2,1-2H3. The first-order valence-corrected chi connectivity index (χ1v) is 5.28. The van der Waals surface area contributed by atoms with E-state index in [0.717, 1.165) is 17.7 Å². The molecule has 2 nitrogen and oxygen atoms in total. The number of thiophene rings is 1. The minimum atomic E-state index is -0.121. The molecule has 0 aromatic carbocycles. The third kappa shape index (κ3) is 2.56. The van der Waals surface area contributed by atoms with Crippen LogP contribution in [0.1, 0.15) is 30.6 Å². The normalized spacial score (nSPS) is 12.5. The van der Waals surface area contributed by atoms with Crippen molar-refractivity contribution < 1.29 is 9.53 Å². The average Bonchev–Trinajstić information content (AvgIpc) is 2.65. The van der Waals surface area contributed by atoms with Crippen LogP contribution in [-0.4, -0.2) is 13.1 Å². The van der Waals surface area contributed by atoms with E-state index in [2.05, 4.69) is 6.92 Å². The third-order valence-corrected chi connectivity index (χ3v) is 2.94. The van der Waals surface area contributed by atoms with E-state index in [9.17, 15) is 4.79 Å². The molecule has 0 radical (unpaired) electrons. The van der Waals surface area contributed by atoms with Gasteiger partial charge in [-0.1, -0.05) is 19.4 Å². The van der Waals surface area contributed by atoms with Gasteiger partial charge < -0.3 is 4.74 Å². The molecule has 0 aliphatic heterocycles. The first-order valence-electron chi connectivity index (χ1n) is 4.40. The molecule has 1 rings (SSSR count). The van der Waals surface area contributed by atoms with Gasteiger partial charge in [0.2, 0.25) is 0 Å². The summed E-state index contributed by atoms with van der Waals surface area (Å²) >= 11 is 1.61. The van der Waals surface area contributed by atoms with Crippen molar-refractivity contribution in [2.45, 2.75) is 25.7 Å². The molecule has 0 aliphatic carbocycles. The van der Waals surface area contributed by atoms with Crippen molar-refractivity contribution in [1.82, 2.24) is 0 Å². The molecule has 0 saturated heterocycles. The molecular weight excluding hydrogens is 184 g/mol. The number of esters is 1. The van der Waals surface area contributed by atoms with Gasteiger partial charge in [-0.25, -0.2) is 0 Å². The largest absolute Gasteiger partial charge is 0.469 e. The van der Waals surface area contributed by atoms with Crippen molar-refractivity contribution in [1.29, 1.82) is 0 Å². The van der Waals surface area contributed by atoms with Gasteiger partial charge in [0, 0.05) is 4.88 Å². The summed E-state index contributed by atoms with van der Waals surface area (Å²) in [5.41, 5.74) is 0. The molecule has 0 amide bonds. The molecular formula is C10H14O2S. The number of hydrogen-bond donors (Lipinski definition) is 0. The lowest BCUT2D eigenvalue weighted by atomic mass is 10.0. The summed E-state index contributed by atoms with van der Waals surface area (Å²) in [7, 11) is 1.44. The molecule has 0 fully saturated rings. The molecule has 1 aromatic heterocycles. The lowest BCUT2D eigenvalue weighted by molar-refractivity contribution is -0.142. The van der Waals surface area contributed by atoms with Crippen LogP contribution in [-0.2, 0) is 9.53 Å². The number of rotatable bonds is 4. The maximum atomic E-state index is 11.4. The van der Waals surface area contributed by atoms with Crippen LogP contribution in [0.3, 0.4) is 0 Å². The number of methoxy groups -OCH3 is 1. The quantitative estimate of drug-likeness (QED) is 0.695. The van der Waals surface area contributed by atoms with E-state index in [1.54, 1.807) is 11.3 Å². The molecule has 1 aromatic rings. The Hall–Kier alpha value is -0.830. The highest BCUT2D eigenvalue weighted by atomic mass is 32.1. The molecule has 0 spiro atoms. The molecule has 0 N–H and O–H groups in total. The van der Waals surface area contributed by atoms with Crippen molar-refractivity contribution in [2.75, 3.05) is 7.11 Å². The van der Waals surface area contributed by atoms with Crippen LogP contribution in [0.2, 0.25) is 0 Å². The second kappa shape index (κ2) is 5.02. The van der Waals surface area contributed by atoms with Gasteiger partial charge in [0.25, 0.3) is 0 Å². The summed E-state index contributed by atoms with van der Waals surface area (Å²) in [4.78, 5) is 12.5. The Morgan fingerprint density at radius 1 is 1.69 bits per heavy atom. The molecule has 0 aliphatic rings. The summed E-state index contributed by atoms with van der Waals surface area (Å²) in [5, 5.41) is 1.99. The Kier molecular flexibility index (Phi) is 3.96. The predicted molar refractivity (Wildman–Crippen MR) is 54.0 cm³/mol. The van der Waals surface area contributed by atoms with Gasteiger partial charge in [0.1, 0.15) is 0 Å². The van der Waals surface area contributed by atoms with Gasteiger partial charge >= 0.3 is 5.97 Å². The first kappa shape index (κ1) is 10.3. The Bertz CT molecular complexity index is 254. The average molecular weight is 198 g/mol. The van der Waals surface area contributed by atoms with Gasteiger partial charge in [0.15, 0.2) is 0 Å². The van der Waals surface area contributed by atoms with Crippen molar-refractivity contribution in [3.8, 4) is 0 Å². The Balaban J connectivity index is 2.74. The number of carbonyl (C=O) groups is 1. The summed E-state index contributed by atoms with van der Waals surface area (Å²) < 4.78 is 4.76. The van der Waals surface area contributed by atoms with E-state index in [0.29, 0.717) is 0 Å². The van der Waals surface area contributed by atoms with E-state index < -0.39 is 0 Å².